The molecule has 0 saturated heterocycles. The van der Waals surface area contributed by atoms with Crippen molar-refractivity contribution in [2.75, 3.05) is 0 Å². The molecule has 0 amide bonds. The Balaban J connectivity index is 1.24. The van der Waals surface area contributed by atoms with Crippen LogP contribution in [0.1, 0.15) is 0 Å². The monoisotopic (exact) mass is 626 g/mol. The first kappa shape index (κ1) is 28.6. The molecule has 4 heteroatoms. The van der Waals surface area contributed by atoms with Gasteiger partial charge >= 0.3 is 0 Å². The Morgan fingerprint density at radius 2 is 0.796 bits per heavy atom. The van der Waals surface area contributed by atoms with Crippen LogP contribution in [0.25, 0.3) is 83.9 Å². The fourth-order valence-corrected chi connectivity index (χ4v) is 6.72. The molecule has 0 saturated carbocycles. The van der Waals surface area contributed by atoms with Gasteiger partial charge in [-0.15, -0.1) is 0 Å². The molecule has 2 heterocycles. The van der Waals surface area contributed by atoms with E-state index in [1.807, 2.05) is 60.7 Å². The summed E-state index contributed by atoms with van der Waals surface area (Å²) in [5, 5.41) is 2.45. The highest BCUT2D eigenvalue weighted by molar-refractivity contribution is 6.10. The molecule has 0 aliphatic heterocycles. The minimum atomic E-state index is 0.637. The van der Waals surface area contributed by atoms with Crippen LogP contribution in [0.15, 0.2) is 182 Å². The molecule has 49 heavy (non-hydrogen) atoms. The maximum atomic E-state index is 5.02. The number of benzene rings is 7. The molecule has 9 rings (SSSR count). The quantitative estimate of drug-likeness (QED) is 0.184. The first-order valence-corrected chi connectivity index (χ1v) is 16.5. The second-order valence-electron chi connectivity index (χ2n) is 12.1. The fourth-order valence-electron chi connectivity index (χ4n) is 6.72. The highest BCUT2D eigenvalue weighted by Crippen LogP contribution is 2.39. The molecule has 0 N–H and O–H groups in total. The SMILES string of the molecule is c1ccc(-c2nc(-c3ccccc3)nc(-c3ccc(-c4ccc5c(c4)c4ccccc4n5-c4ccccc4)c(-c4ccccc4)c3)n2)cc1. The standard InChI is InChI=1S/C45H30N4/c1-5-15-31(16-6-1)39-30-35(45-47-43(32-17-7-2-8-18-32)46-44(48-45)33-19-9-3-10-20-33)25-27-37(39)34-26-28-42-40(29-34)38-23-13-14-24-41(38)49(42)36-21-11-4-12-22-36/h1-30H. The molecule has 2 aromatic heterocycles. The predicted octanol–water partition coefficient (Wildman–Crippen LogP) is 11.3. The van der Waals surface area contributed by atoms with Crippen molar-refractivity contribution >= 4 is 21.8 Å². The molecule has 4 nitrogen and oxygen atoms in total. The molecule has 0 unspecified atom stereocenters. The molecule has 0 aliphatic rings. The van der Waals surface area contributed by atoms with Gasteiger partial charge in [-0.05, 0) is 58.7 Å². The maximum absolute atomic E-state index is 5.02. The van der Waals surface area contributed by atoms with E-state index in [-0.39, 0.29) is 0 Å². The minimum absolute atomic E-state index is 0.637. The summed E-state index contributed by atoms with van der Waals surface area (Å²) in [6, 6.07) is 63.4. The normalized spacial score (nSPS) is 11.3. The molecule has 0 atom stereocenters. The van der Waals surface area contributed by atoms with Crippen molar-refractivity contribution in [3.05, 3.63) is 182 Å². The summed E-state index contributed by atoms with van der Waals surface area (Å²) in [4.78, 5) is 14.9. The summed E-state index contributed by atoms with van der Waals surface area (Å²) in [5.74, 6) is 1.93. The van der Waals surface area contributed by atoms with E-state index in [1.54, 1.807) is 0 Å². The van der Waals surface area contributed by atoms with Crippen molar-refractivity contribution in [3.8, 4) is 62.1 Å². The van der Waals surface area contributed by atoms with Crippen molar-refractivity contribution in [2.24, 2.45) is 0 Å². The van der Waals surface area contributed by atoms with Crippen molar-refractivity contribution in [1.82, 2.24) is 19.5 Å². The molecule has 0 bridgehead atoms. The minimum Gasteiger partial charge on any atom is -0.309 e. The van der Waals surface area contributed by atoms with Gasteiger partial charge in [-0.2, -0.15) is 0 Å². The number of hydrogen-bond donors (Lipinski definition) is 0. The van der Waals surface area contributed by atoms with E-state index in [0.717, 1.165) is 44.6 Å². The lowest BCUT2D eigenvalue weighted by molar-refractivity contribution is 1.07. The van der Waals surface area contributed by atoms with Crippen LogP contribution >= 0.6 is 0 Å². The molecule has 7 aromatic carbocycles. The lowest BCUT2D eigenvalue weighted by atomic mass is 9.92. The van der Waals surface area contributed by atoms with E-state index in [1.165, 1.54) is 21.8 Å². The third kappa shape index (κ3) is 5.26. The van der Waals surface area contributed by atoms with E-state index in [4.69, 9.17) is 15.0 Å². The largest absolute Gasteiger partial charge is 0.309 e. The molecular weight excluding hydrogens is 597 g/mol. The summed E-state index contributed by atoms with van der Waals surface area (Å²) < 4.78 is 2.35. The molecule has 230 valence electrons. The molecule has 0 spiro atoms. The van der Waals surface area contributed by atoms with Gasteiger partial charge in [0, 0.05) is 33.2 Å². The Kier molecular flexibility index (Phi) is 7.10. The van der Waals surface area contributed by atoms with Gasteiger partial charge in [0.1, 0.15) is 0 Å². The summed E-state index contributed by atoms with van der Waals surface area (Å²) >= 11 is 0. The molecule has 9 aromatic rings. The third-order valence-electron chi connectivity index (χ3n) is 9.06. The Labute approximate surface area is 284 Å². The average molecular weight is 627 g/mol. The third-order valence-corrected chi connectivity index (χ3v) is 9.06. The van der Waals surface area contributed by atoms with Crippen LogP contribution in [0.3, 0.4) is 0 Å². The van der Waals surface area contributed by atoms with Crippen LogP contribution in [-0.4, -0.2) is 19.5 Å². The van der Waals surface area contributed by atoms with Crippen molar-refractivity contribution in [1.29, 1.82) is 0 Å². The van der Waals surface area contributed by atoms with Gasteiger partial charge in [-0.3, -0.25) is 0 Å². The van der Waals surface area contributed by atoms with Gasteiger partial charge in [-0.25, -0.2) is 15.0 Å². The van der Waals surface area contributed by atoms with Crippen molar-refractivity contribution < 1.29 is 0 Å². The number of nitrogens with zero attached hydrogens (tertiary/aromatic N) is 4. The number of hydrogen-bond acceptors (Lipinski definition) is 3. The van der Waals surface area contributed by atoms with Crippen LogP contribution in [-0.2, 0) is 0 Å². The van der Waals surface area contributed by atoms with E-state index >= 15 is 0 Å². The van der Waals surface area contributed by atoms with Crippen LogP contribution in [0.2, 0.25) is 0 Å². The molecule has 0 radical (unpaired) electrons. The zero-order valence-corrected chi connectivity index (χ0v) is 26.6. The first-order chi connectivity index (χ1) is 24.3. The van der Waals surface area contributed by atoms with Gasteiger partial charge in [0.05, 0.1) is 11.0 Å². The van der Waals surface area contributed by atoms with Crippen LogP contribution in [0, 0.1) is 0 Å². The van der Waals surface area contributed by atoms with Gasteiger partial charge in [0.15, 0.2) is 17.5 Å². The first-order valence-electron chi connectivity index (χ1n) is 16.5. The summed E-state index contributed by atoms with van der Waals surface area (Å²) in [6.07, 6.45) is 0. The maximum Gasteiger partial charge on any atom is 0.164 e. The Bertz CT molecular complexity index is 2520. The number of fused-ring (bicyclic) bond motifs is 3. The van der Waals surface area contributed by atoms with Crippen LogP contribution in [0.4, 0.5) is 0 Å². The van der Waals surface area contributed by atoms with Crippen molar-refractivity contribution in [3.63, 3.8) is 0 Å². The Morgan fingerprint density at radius 1 is 0.306 bits per heavy atom. The van der Waals surface area contributed by atoms with Crippen LogP contribution in [0.5, 0.6) is 0 Å². The number of aromatic nitrogens is 4. The Hall–Kier alpha value is -6.65. The highest BCUT2D eigenvalue weighted by Gasteiger charge is 2.17. The van der Waals surface area contributed by atoms with Gasteiger partial charge in [0.25, 0.3) is 0 Å². The van der Waals surface area contributed by atoms with Crippen LogP contribution < -0.4 is 0 Å². The average Bonchev–Trinajstić information content (AvgIpc) is 3.52. The predicted molar refractivity (Wildman–Crippen MR) is 201 cm³/mol. The zero-order valence-electron chi connectivity index (χ0n) is 26.6. The van der Waals surface area contributed by atoms with Gasteiger partial charge in [0.2, 0.25) is 0 Å². The molecule has 0 aliphatic carbocycles. The second-order valence-corrected chi connectivity index (χ2v) is 12.1. The molecule has 0 fully saturated rings. The number of rotatable bonds is 6. The lowest BCUT2D eigenvalue weighted by Crippen LogP contribution is -2.00. The highest BCUT2D eigenvalue weighted by atomic mass is 15.0. The topological polar surface area (TPSA) is 43.6 Å². The number of para-hydroxylation sites is 2. The van der Waals surface area contributed by atoms with Gasteiger partial charge in [-0.1, -0.05) is 146 Å². The smallest absolute Gasteiger partial charge is 0.164 e. The van der Waals surface area contributed by atoms with Gasteiger partial charge < -0.3 is 4.57 Å². The van der Waals surface area contributed by atoms with E-state index in [9.17, 15) is 0 Å². The zero-order chi connectivity index (χ0) is 32.6. The fraction of sp³-hybridized carbons (Fsp3) is 0. The Morgan fingerprint density at radius 3 is 1.43 bits per heavy atom. The molecular formula is C45H30N4. The van der Waals surface area contributed by atoms with E-state index < -0.39 is 0 Å². The summed E-state index contributed by atoms with van der Waals surface area (Å²) in [7, 11) is 0. The lowest BCUT2D eigenvalue weighted by Gasteiger charge is -2.14. The second kappa shape index (κ2) is 12.2. The summed E-state index contributed by atoms with van der Waals surface area (Å²) in [5.41, 5.74) is 10.9. The van der Waals surface area contributed by atoms with Crippen molar-refractivity contribution in [2.45, 2.75) is 0 Å². The van der Waals surface area contributed by atoms with E-state index in [2.05, 4.69) is 126 Å². The summed E-state index contributed by atoms with van der Waals surface area (Å²) in [6.45, 7) is 0. The van der Waals surface area contributed by atoms with E-state index in [0.29, 0.717) is 17.5 Å².